The molecule has 5 heteroatoms. The largest absolute Gasteiger partial charge is 0.484 e. The molecule has 1 amide bonds. The number of hydrogen-bond donors (Lipinski definition) is 2. The molecule has 0 heterocycles. The van der Waals surface area contributed by atoms with E-state index >= 15 is 0 Å². The summed E-state index contributed by atoms with van der Waals surface area (Å²) in [5, 5.41) is 11.6. The van der Waals surface area contributed by atoms with Crippen molar-refractivity contribution in [3.8, 4) is 5.75 Å². The average molecular weight is 307 g/mol. The summed E-state index contributed by atoms with van der Waals surface area (Å²) in [5.74, 6) is -0.698. The molecular weight excluding hydrogens is 282 g/mol. The number of carbonyl (C=O) groups excluding carboxylic acids is 1. The maximum Gasteiger partial charge on any atom is 0.308 e. The Morgan fingerprint density at radius 2 is 2.05 bits per heavy atom. The summed E-state index contributed by atoms with van der Waals surface area (Å²) in [6.07, 6.45) is 1.32. The lowest BCUT2D eigenvalue weighted by molar-refractivity contribution is -0.142. The third-order valence-corrected chi connectivity index (χ3v) is 3.43. The van der Waals surface area contributed by atoms with E-state index in [1.54, 1.807) is 6.07 Å². The van der Waals surface area contributed by atoms with Crippen LogP contribution in [0.5, 0.6) is 5.75 Å². The fraction of sp³-hybridized carbons (Fsp3) is 0.529. The number of ether oxygens (including phenoxy) is 1. The van der Waals surface area contributed by atoms with Crippen LogP contribution in [0.4, 0.5) is 0 Å². The van der Waals surface area contributed by atoms with E-state index in [9.17, 15) is 9.59 Å². The summed E-state index contributed by atoms with van der Waals surface area (Å²) in [7, 11) is 0. The second-order valence-corrected chi connectivity index (χ2v) is 5.64. The molecule has 1 unspecified atom stereocenters. The van der Waals surface area contributed by atoms with E-state index in [2.05, 4.69) is 19.2 Å². The minimum absolute atomic E-state index is 0.111. The summed E-state index contributed by atoms with van der Waals surface area (Å²) >= 11 is 0. The zero-order chi connectivity index (χ0) is 16.5. The highest BCUT2D eigenvalue weighted by molar-refractivity contribution is 5.78. The number of carboxylic acids is 1. The van der Waals surface area contributed by atoms with Gasteiger partial charge in [0.15, 0.2) is 6.61 Å². The molecule has 0 aromatic heterocycles. The molecule has 0 radical (unpaired) electrons. The smallest absolute Gasteiger partial charge is 0.308 e. The van der Waals surface area contributed by atoms with Crippen LogP contribution in [0.1, 0.15) is 45.1 Å². The Balaban J connectivity index is 2.42. The molecule has 1 aromatic rings. The van der Waals surface area contributed by atoms with E-state index in [1.807, 2.05) is 25.1 Å². The first-order valence-electron chi connectivity index (χ1n) is 7.66. The Labute approximate surface area is 131 Å². The standard InChI is InChI=1S/C17H25NO4/c1-4-6-14(17(20)21)10-18-16(19)11-22-15-8-5-7-13(9-15)12(2)3/h5,7-9,12,14H,4,6,10-11H2,1-3H3,(H,18,19)(H,20,21). The molecule has 2 N–H and O–H groups in total. The lowest BCUT2D eigenvalue weighted by Crippen LogP contribution is -2.35. The summed E-state index contributed by atoms with van der Waals surface area (Å²) in [5.41, 5.74) is 1.15. The fourth-order valence-corrected chi connectivity index (χ4v) is 2.06. The van der Waals surface area contributed by atoms with Crippen LogP contribution in [-0.4, -0.2) is 30.1 Å². The van der Waals surface area contributed by atoms with Gasteiger partial charge in [-0.05, 0) is 30.0 Å². The van der Waals surface area contributed by atoms with Gasteiger partial charge < -0.3 is 15.2 Å². The van der Waals surface area contributed by atoms with Crippen LogP contribution in [0.3, 0.4) is 0 Å². The maximum absolute atomic E-state index is 11.7. The van der Waals surface area contributed by atoms with Gasteiger partial charge in [-0.2, -0.15) is 0 Å². The quantitative estimate of drug-likeness (QED) is 0.735. The summed E-state index contributed by atoms with van der Waals surface area (Å²) in [6, 6.07) is 7.62. The molecule has 1 atom stereocenters. The molecule has 0 saturated carbocycles. The Hall–Kier alpha value is -2.04. The Kier molecular flexibility index (Phi) is 7.43. The molecule has 0 aliphatic heterocycles. The van der Waals surface area contributed by atoms with Crippen LogP contribution >= 0.6 is 0 Å². The zero-order valence-corrected chi connectivity index (χ0v) is 13.5. The van der Waals surface area contributed by atoms with Crippen LogP contribution in [-0.2, 0) is 9.59 Å². The molecule has 1 aromatic carbocycles. The Morgan fingerprint density at radius 3 is 2.64 bits per heavy atom. The molecule has 0 spiro atoms. The average Bonchev–Trinajstić information content (AvgIpc) is 2.49. The first-order valence-corrected chi connectivity index (χ1v) is 7.66. The number of benzene rings is 1. The molecule has 0 aliphatic carbocycles. The van der Waals surface area contributed by atoms with Gasteiger partial charge in [0.25, 0.3) is 5.91 Å². The van der Waals surface area contributed by atoms with E-state index in [0.29, 0.717) is 18.1 Å². The third-order valence-electron chi connectivity index (χ3n) is 3.43. The minimum Gasteiger partial charge on any atom is -0.484 e. The minimum atomic E-state index is -0.882. The van der Waals surface area contributed by atoms with Crippen molar-refractivity contribution in [2.45, 2.75) is 39.5 Å². The normalized spacial score (nSPS) is 12.0. The molecular formula is C17H25NO4. The monoisotopic (exact) mass is 307 g/mol. The van der Waals surface area contributed by atoms with Crippen LogP contribution in [0.15, 0.2) is 24.3 Å². The topological polar surface area (TPSA) is 75.6 Å². The predicted octanol–water partition coefficient (Wildman–Crippen LogP) is 2.81. The molecule has 0 saturated heterocycles. The summed E-state index contributed by atoms with van der Waals surface area (Å²) < 4.78 is 5.45. The van der Waals surface area contributed by atoms with E-state index in [4.69, 9.17) is 9.84 Å². The van der Waals surface area contributed by atoms with Crippen LogP contribution < -0.4 is 10.1 Å². The lowest BCUT2D eigenvalue weighted by atomic mass is 10.0. The van der Waals surface area contributed by atoms with E-state index in [-0.39, 0.29) is 19.1 Å². The van der Waals surface area contributed by atoms with Crippen molar-refractivity contribution in [1.29, 1.82) is 0 Å². The zero-order valence-electron chi connectivity index (χ0n) is 13.5. The first-order chi connectivity index (χ1) is 10.4. The summed E-state index contributed by atoms with van der Waals surface area (Å²) in [4.78, 5) is 22.7. The van der Waals surface area contributed by atoms with Crippen LogP contribution in [0.25, 0.3) is 0 Å². The Morgan fingerprint density at radius 1 is 1.32 bits per heavy atom. The first kappa shape index (κ1) is 18.0. The number of aliphatic carboxylic acids is 1. The number of hydrogen-bond acceptors (Lipinski definition) is 3. The van der Waals surface area contributed by atoms with Crippen molar-refractivity contribution in [2.75, 3.05) is 13.2 Å². The SMILES string of the molecule is CCCC(CNC(=O)COc1cccc(C(C)C)c1)C(=O)O. The summed E-state index contributed by atoms with van der Waals surface area (Å²) in [6.45, 7) is 6.12. The molecule has 122 valence electrons. The third kappa shape index (κ3) is 6.16. The molecule has 0 bridgehead atoms. The van der Waals surface area contributed by atoms with Crippen molar-refractivity contribution in [1.82, 2.24) is 5.32 Å². The van der Waals surface area contributed by atoms with Gasteiger partial charge in [-0.25, -0.2) is 0 Å². The van der Waals surface area contributed by atoms with Gasteiger partial charge in [-0.1, -0.05) is 39.3 Å². The lowest BCUT2D eigenvalue weighted by Gasteiger charge is -2.13. The Bertz CT molecular complexity index is 499. The van der Waals surface area contributed by atoms with Gasteiger partial charge in [-0.3, -0.25) is 9.59 Å². The van der Waals surface area contributed by atoms with Gasteiger partial charge in [0.05, 0.1) is 5.92 Å². The van der Waals surface area contributed by atoms with Gasteiger partial charge >= 0.3 is 5.97 Å². The van der Waals surface area contributed by atoms with Crippen molar-refractivity contribution < 1.29 is 19.4 Å². The highest BCUT2D eigenvalue weighted by atomic mass is 16.5. The molecule has 0 aliphatic rings. The van der Waals surface area contributed by atoms with Crippen molar-refractivity contribution >= 4 is 11.9 Å². The second kappa shape index (κ2) is 9.07. The number of carboxylic acid groups (broad SMARTS) is 1. The number of amides is 1. The van der Waals surface area contributed by atoms with Crippen LogP contribution in [0, 0.1) is 5.92 Å². The van der Waals surface area contributed by atoms with Gasteiger partial charge in [0, 0.05) is 6.54 Å². The van der Waals surface area contributed by atoms with Crippen molar-refractivity contribution in [3.05, 3.63) is 29.8 Å². The molecule has 1 rings (SSSR count). The number of nitrogens with one attached hydrogen (secondary N) is 1. The van der Waals surface area contributed by atoms with E-state index in [0.717, 1.165) is 12.0 Å². The highest BCUT2D eigenvalue weighted by Gasteiger charge is 2.17. The number of carbonyl (C=O) groups is 2. The maximum atomic E-state index is 11.7. The van der Waals surface area contributed by atoms with Gasteiger partial charge in [0.2, 0.25) is 0 Å². The fourth-order valence-electron chi connectivity index (χ4n) is 2.06. The van der Waals surface area contributed by atoms with Crippen molar-refractivity contribution in [3.63, 3.8) is 0 Å². The predicted molar refractivity (Wildman–Crippen MR) is 85.1 cm³/mol. The highest BCUT2D eigenvalue weighted by Crippen LogP contribution is 2.19. The van der Waals surface area contributed by atoms with Crippen molar-refractivity contribution in [2.24, 2.45) is 5.92 Å². The van der Waals surface area contributed by atoms with Gasteiger partial charge in [-0.15, -0.1) is 0 Å². The van der Waals surface area contributed by atoms with Gasteiger partial charge in [0.1, 0.15) is 5.75 Å². The van der Waals surface area contributed by atoms with E-state index in [1.165, 1.54) is 0 Å². The molecule has 5 nitrogen and oxygen atoms in total. The van der Waals surface area contributed by atoms with E-state index < -0.39 is 11.9 Å². The molecule has 0 fully saturated rings. The number of rotatable bonds is 9. The molecule has 22 heavy (non-hydrogen) atoms. The van der Waals surface area contributed by atoms with Crippen LogP contribution in [0.2, 0.25) is 0 Å². The second-order valence-electron chi connectivity index (χ2n) is 5.64.